The summed E-state index contributed by atoms with van der Waals surface area (Å²) < 4.78 is 0. The summed E-state index contributed by atoms with van der Waals surface area (Å²) >= 11 is 0. The molecule has 3 aliphatic rings. The van der Waals surface area contributed by atoms with E-state index in [-0.39, 0.29) is 11.5 Å². The number of amides is 2. The van der Waals surface area contributed by atoms with Gasteiger partial charge in [0.1, 0.15) is 0 Å². The van der Waals surface area contributed by atoms with Crippen LogP contribution in [0.25, 0.3) is 11.1 Å². The highest BCUT2D eigenvalue weighted by atomic mass is 16.6. The fraction of sp³-hybridized carbons (Fsp3) is 0.281. The van der Waals surface area contributed by atoms with E-state index in [0.717, 1.165) is 22.3 Å². The van der Waals surface area contributed by atoms with Gasteiger partial charge < -0.3 is 0 Å². The van der Waals surface area contributed by atoms with Crippen molar-refractivity contribution in [2.75, 3.05) is 4.90 Å². The summed E-state index contributed by atoms with van der Waals surface area (Å²) in [4.78, 5) is 55.3. The van der Waals surface area contributed by atoms with Crippen molar-refractivity contribution in [1.29, 1.82) is 0 Å². The minimum atomic E-state index is -1.21. The van der Waals surface area contributed by atoms with Gasteiger partial charge in [-0.05, 0) is 54.2 Å². The third-order valence-corrected chi connectivity index (χ3v) is 8.95. The van der Waals surface area contributed by atoms with Crippen molar-refractivity contribution in [2.45, 2.75) is 33.6 Å². The molecular weight excluding hydrogens is 492 g/mol. The molecule has 0 aromatic heterocycles. The number of nitro groups is 1. The first kappa shape index (κ1) is 24.9. The van der Waals surface area contributed by atoms with Crippen molar-refractivity contribution in [1.82, 2.24) is 0 Å². The van der Waals surface area contributed by atoms with Crippen molar-refractivity contribution in [3.8, 4) is 0 Å². The Balaban J connectivity index is 1.62. The molecule has 0 spiro atoms. The van der Waals surface area contributed by atoms with Crippen LogP contribution in [0.3, 0.4) is 0 Å². The maximum absolute atomic E-state index is 14.7. The third kappa shape index (κ3) is 3.07. The highest BCUT2D eigenvalue weighted by Gasteiger charge is 2.80. The first-order valence-corrected chi connectivity index (χ1v) is 13.2. The zero-order valence-electron chi connectivity index (χ0n) is 22.0. The molecule has 3 aromatic carbocycles. The van der Waals surface area contributed by atoms with Gasteiger partial charge >= 0.3 is 0 Å². The minimum Gasteiger partial charge on any atom is -0.298 e. The van der Waals surface area contributed by atoms with Crippen LogP contribution in [0.5, 0.6) is 0 Å². The molecule has 1 saturated carbocycles. The van der Waals surface area contributed by atoms with E-state index in [2.05, 4.69) is 0 Å². The number of non-ortho nitro benzene ring substituents is 1. The zero-order valence-corrected chi connectivity index (χ0v) is 22.0. The van der Waals surface area contributed by atoms with Gasteiger partial charge in [-0.15, -0.1) is 0 Å². The number of carbonyl (C=O) groups is 3. The first-order chi connectivity index (χ1) is 18.7. The highest BCUT2D eigenvalue weighted by Crippen LogP contribution is 2.75. The Hall–Kier alpha value is -4.39. The van der Waals surface area contributed by atoms with E-state index < -0.39 is 39.4 Å². The van der Waals surface area contributed by atoms with Crippen LogP contribution in [0, 0.1) is 39.7 Å². The van der Waals surface area contributed by atoms with Gasteiger partial charge in [-0.3, -0.25) is 24.5 Å². The number of carbonyl (C=O) groups excluding carboxylic acids is 3. The molecule has 1 saturated heterocycles. The van der Waals surface area contributed by atoms with Crippen LogP contribution in [0.15, 0.2) is 78.9 Å². The number of aryl methyl sites for hydroxylation is 1. The number of hydrogen-bond acceptors (Lipinski definition) is 5. The van der Waals surface area contributed by atoms with Crippen LogP contribution in [-0.2, 0) is 14.4 Å². The van der Waals surface area contributed by atoms with Crippen molar-refractivity contribution < 1.29 is 19.3 Å². The second-order valence-electron chi connectivity index (χ2n) is 10.9. The van der Waals surface area contributed by atoms with Crippen molar-refractivity contribution in [3.05, 3.63) is 106 Å². The molecule has 1 aliphatic heterocycles. The Labute approximate surface area is 226 Å². The average molecular weight is 521 g/mol. The van der Waals surface area contributed by atoms with E-state index in [9.17, 15) is 24.5 Å². The summed E-state index contributed by atoms with van der Waals surface area (Å²) in [6, 6.07) is 23.5. The lowest BCUT2D eigenvalue weighted by Gasteiger charge is -2.37. The van der Waals surface area contributed by atoms with Gasteiger partial charge in [0, 0.05) is 12.1 Å². The molecule has 2 fully saturated rings. The SMILES string of the molecule is CCC[C@@]12C(=O)[C@@](C)(C(c3ccccc3)=C1c1ccccc1)[C@H]1C(=O)N(c3ccc([N+](=O)[O-])cc3C)C(=O)[C@@H]12. The number of rotatable bonds is 6. The van der Waals surface area contributed by atoms with Gasteiger partial charge in [0.05, 0.1) is 33.3 Å². The molecule has 2 aliphatic carbocycles. The molecule has 6 rings (SSSR count). The van der Waals surface area contributed by atoms with Crippen LogP contribution >= 0.6 is 0 Å². The molecule has 7 heteroatoms. The van der Waals surface area contributed by atoms with Gasteiger partial charge in [0.15, 0.2) is 5.78 Å². The average Bonchev–Trinajstić information content (AvgIpc) is 3.39. The molecule has 0 N–H and O–H groups in total. The minimum absolute atomic E-state index is 0.0636. The normalized spacial score (nSPS) is 27.5. The monoisotopic (exact) mass is 520 g/mol. The van der Waals surface area contributed by atoms with E-state index in [1.807, 2.05) is 74.5 Å². The van der Waals surface area contributed by atoms with Crippen molar-refractivity contribution >= 4 is 40.1 Å². The Bertz CT molecular complexity index is 1600. The number of Topliss-reactive ketones (excluding diaryl/α,β-unsaturated/α-hetero) is 1. The van der Waals surface area contributed by atoms with Crippen LogP contribution in [0.2, 0.25) is 0 Å². The van der Waals surface area contributed by atoms with Crippen LogP contribution < -0.4 is 4.90 Å². The van der Waals surface area contributed by atoms with Crippen molar-refractivity contribution in [3.63, 3.8) is 0 Å². The van der Waals surface area contributed by atoms with E-state index in [1.54, 1.807) is 6.92 Å². The molecule has 2 amide bonds. The largest absolute Gasteiger partial charge is 0.298 e. The number of imide groups is 1. The highest BCUT2D eigenvalue weighted by molar-refractivity contribution is 6.34. The smallest absolute Gasteiger partial charge is 0.269 e. The standard InChI is InChI=1S/C32H28N2O5/c1-4-17-32-25(21-13-9-6-10-14-21)24(20-11-7-5-8-12-20)31(3,30(32)37)26-27(32)29(36)33(28(26)35)23-16-15-22(34(38)39)18-19(23)2/h5-16,18,26-27H,4,17H2,1-3H3/t26-,27-,31+,32-/m1/s1. The van der Waals surface area contributed by atoms with E-state index >= 15 is 0 Å². The van der Waals surface area contributed by atoms with Gasteiger partial charge in [0.2, 0.25) is 11.8 Å². The van der Waals surface area contributed by atoms with Crippen LogP contribution in [0.1, 0.15) is 43.4 Å². The summed E-state index contributed by atoms with van der Waals surface area (Å²) in [5.41, 5.74) is 1.72. The summed E-state index contributed by atoms with van der Waals surface area (Å²) in [6.07, 6.45) is 1.09. The number of benzene rings is 3. The third-order valence-electron chi connectivity index (χ3n) is 8.95. The number of anilines is 1. The Kier molecular flexibility index (Phi) is 5.47. The molecule has 0 unspecified atom stereocenters. The molecule has 1 heterocycles. The van der Waals surface area contributed by atoms with Gasteiger partial charge in [0.25, 0.3) is 5.69 Å². The molecule has 4 atom stereocenters. The zero-order chi connectivity index (χ0) is 27.7. The Morgan fingerprint density at radius 1 is 0.846 bits per heavy atom. The lowest BCUT2D eigenvalue weighted by atomic mass is 9.61. The Morgan fingerprint density at radius 3 is 1.95 bits per heavy atom. The summed E-state index contributed by atoms with van der Waals surface area (Å²) in [7, 11) is 0. The summed E-state index contributed by atoms with van der Waals surface area (Å²) in [5.74, 6) is -2.60. The number of allylic oxidation sites excluding steroid dienone is 2. The summed E-state index contributed by atoms with van der Waals surface area (Å²) in [5, 5.41) is 11.3. The van der Waals surface area contributed by atoms with Gasteiger partial charge in [-0.25, -0.2) is 4.90 Å². The maximum atomic E-state index is 14.7. The maximum Gasteiger partial charge on any atom is 0.269 e. The fourth-order valence-corrected chi connectivity index (χ4v) is 7.60. The van der Waals surface area contributed by atoms with Crippen LogP contribution in [-0.4, -0.2) is 22.5 Å². The van der Waals surface area contributed by atoms with Crippen LogP contribution in [0.4, 0.5) is 11.4 Å². The second kappa shape index (κ2) is 8.56. The number of ketones is 1. The number of nitro benzene ring substituents is 1. The molecule has 39 heavy (non-hydrogen) atoms. The Morgan fingerprint density at radius 2 is 1.41 bits per heavy atom. The van der Waals surface area contributed by atoms with E-state index in [0.29, 0.717) is 24.1 Å². The fourth-order valence-electron chi connectivity index (χ4n) is 7.60. The molecule has 7 nitrogen and oxygen atoms in total. The molecule has 196 valence electrons. The lowest BCUT2D eigenvalue weighted by Crippen LogP contribution is -2.41. The van der Waals surface area contributed by atoms with Gasteiger partial charge in [-0.1, -0.05) is 74.0 Å². The summed E-state index contributed by atoms with van der Waals surface area (Å²) in [6.45, 7) is 5.48. The van der Waals surface area contributed by atoms with E-state index in [1.165, 1.54) is 23.1 Å². The quantitative estimate of drug-likeness (QED) is 0.225. The predicted octanol–water partition coefficient (Wildman–Crippen LogP) is 6.01. The molecular formula is C32H28N2O5. The predicted molar refractivity (Wildman–Crippen MR) is 147 cm³/mol. The first-order valence-electron chi connectivity index (χ1n) is 13.2. The topological polar surface area (TPSA) is 97.6 Å². The molecule has 2 bridgehead atoms. The number of nitrogens with zero attached hydrogens (tertiary/aromatic N) is 2. The van der Waals surface area contributed by atoms with Crippen molar-refractivity contribution in [2.24, 2.45) is 22.7 Å². The number of hydrogen-bond donors (Lipinski definition) is 0. The molecule has 0 radical (unpaired) electrons. The lowest BCUT2D eigenvalue weighted by molar-refractivity contribution is -0.384. The van der Waals surface area contributed by atoms with Gasteiger partial charge in [-0.2, -0.15) is 0 Å². The number of fused-ring (bicyclic) bond motifs is 5. The van der Waals surface area contributed by atoms with E-state index in [4.69, 9.17) is 0 Å². The second-order valence-corrected chi connectivity index (χ2v) is 10.9. The molecule has 3 aromatic rings.